The van der Waals surface area contributed by atoms with E-state index < -0.39 is 5.97 Å². The van der Waals surface area contributed by atoms with Gasteiger partial charge in [0.05, 0.1) is 20.3 Å². The fraction of sp³-hybridized carbons (Fsp3) is 0.500. The third-order valence-electron chi connectivity index (χ3n) is 1.90. The average Bonchev–Trinajstić information content (AvgIpc) is 2.35. The van der Waals surface area contributed by atoms with E-state index in [1.807, 2.05) is 6.92 Å². The molecule has 0 aromatic rings. The first kappa shape index (κ1) is 15.5. The van der Waals surface area contributed by atoms with Gasteiger partial charge in [0, 0.05) is 18.6 Å². The number of aliphatic hydroxyl groups is 1. The van der Waals surface area contributed by atoms with Crippen LogP contribution < -0.4 is 0 Å². The fourth-order valence-corrected chi connectivity index (χ4v) is 0.913. The van der Waals surface area contributed by atoms with E-state index in [1.54, 1.807) is 0 Å². The molecule has 0 rings (SSSR count). The topological polar surface area (TPSA) is 72.8 Å². The monoisotopic (exact) mass is 242 g/mol. The fourth-order valence-electron chi connectivity index (χ4n) is 0.913. The highest BCUT2D eigenvalue weighted by molar-refractivity contribution is 5.82. The zero-order chi connectivity index (χ0) is 13.1. The Balaban J connectivity index is 4.17. The first-order valence-electron chi connectivity index (χ1n) is 5.23. The van der Waals surface area contributed by atoms with E-state index in [4.69, 9.17) is 9.84 Å². The van der Waals surface area contributed by atoms with Crippen molar-refractivity contribution in [2.45, 2.75) is 6.92 Å². The zero-order valence-corrected chi connectivity index (χ0v) is 10.1. The summed E-state index contributed by atoms with van der Waals surface area (Å²) < 4.78 is 9.70. The van der Waals surface area contributed by atoms with Gasteiger partial charge in [-0.1, -0.05) is 6.92 Å². The Bertz CT molecular complexity index is 293. The van der Waals surface area contributed by atoms with E-state index in [1.165, 1.54) is 25.3 Å². The van der Waals surface area contributed by atoms with Crippen LogP contribution in [0, 0.1) is 5.92 Å². The first-order chi connectivity index (χ1) is 8.13. The second kappa shape index (κ2) is 9.74. The molecule has 0 bridgehead atoms. The number of hydrogen-bond donors (Lipinski definition) is 1. The van der Waals surface area contributed by atoms with Gasteiger partial charge in [-0.05, 0) is 17.7 Å². The minimum absolute atomic E-state index is 0.0390. The molecule has 17 heavy (non-hydrogen) atoms. The molecule has 0 unspecified atom stereocenters. The number of rotatable bonds is 8. The van der Waals surface area contributed by atoms with E-state index >= 15 is 0 Å². The van der Waals surface area contributed by atoms with Gasteiger partial charge in [0.15, 0.2) is 0 Å². The molecule has 0 saturated heterocycles. The van der Waals surface area contributed by atoms with Crippen LogP contribution in [0.3, 0.4) is 0 Å². The van der Waals surface area contributed by atoms with Crippen molar-refractivity contribution in [1.82, 2.24) is 0 Å². The molecule has 0 saturated carbocycles. The number of carbonyl (C=O) groups excluding carboxylic acids is 2. The average molecular weight is 242 g/mol. The van der Waals surface area contributed by atoms with Crippen LogP contribution in [0.15, 0.2) is 23.8 Å². The maximum absolute atomic E-state index is 10.9. The van der Waals surface area contributed by atoms with Gasteiger partial charge in [-0.25, -0.2) is 4.79 Å². The Labute approximate surface area is 101 Å². The van der Waals surface area contributed by atoms with E-state index in [0.29, 0.717) is 18.5 Å². The van der Waals surface area contributed by atoms with Crippen LogP contribution in [0.2, 0.25) is 0 Å². The van der Waals surface area contributed by atoms with Gasteiger partial charge >= 0.3 is 5.97 Å². The smallest absolute Gasteiger partial charge is 0.330 e. The Morgan fingerprint density at radius 3 is 2.65 bits per heavy atom. The number of aliphatic hydroxyl groups excluding tert-OH is 1. The lowest BCUT2D eigenvalue weighted by Crippen LogP contribution is -2.11. The van der Waals surface area contributed by atoms with Crippen molar-refractivity contribution in [3.63, 3.8) is 0 Å². The van der Waals surface area contributed by atoms with Crippen LogP contribution in [0.5, 0.6) is 0 Å². The largest absolute Gasteiger partial charge is 0.466 e. The van der Waals surface area contributed by atoms with Gasteiger partial charge in [-0.2, -0.15) is 0 Å². The standard InChI is InChI=1S/C12H18O5/c1-10(7-14)8-17-9-11(5-6-13)3-4-12(15)16-2/h3-6,10,14H,7-9H2,1-2H3/b4-3+,11-5+/t10-/m1/s1. The van der Waals surface area contributed by atoms with Crippen molar-refractivity contribution >= 4 is 12.3 Å². The normalized spacial score (nSPS) is 13.7. The number of carbonyl (C=O) groups is 2. The predicted octanol–water partition coefficient (Wildman–Crippen LogP) is 0.486. The SMILES string of the molecule is COC(=O)/C=C/C(=C\C=O)COC[C@H](C)CO. The predicted molar refractivity (Wildman–Crippen MR) is 62.4 cm³/mol. The maximum atomic E-state index is 10.9. The summed E-state index contributed by atoms with van der Waals surface area (Å²) in [5.74, 6) is -0.456. The summed E-state index contributed by atoms with van der Waals surface area (Å²) in [6.07, 6.45) is 4.61. The third kappa shape index (κ3) is 8.36. The second-order valence-electron chi connectivity index (χ2n) is 3.54. The maximum Gasteiger partial charge on any atom is 0.330 e. The lowest BCUT2D eigenvalue weighted by atomic mass is 10.2. The van der Waals surface area contributed by atoms with Crippen molar-refractivity contribution in [3.05, 3.63) is 23.8 Å². The molecule has 0 aromatic heterocycles. The summed E-state index contributed by atoms with van der Waals surface area (Å²) in [4.78, 5) is 21.2. The molecule has 0 radical (unpaired) electrons. The molecular formula is C12H18O5. The van der Waals surface area contributed by atoms with Gasteiger partial charge in [-0.15, -0.1) is 0 Å². The van der Waals surface area contributed by atoms with Crippen LogP contribution >= 0.6 is 0 Å². The highest BCUT2D eigenvalue weighted by atomic mass is 16.5. The molecule has 0 fully saturated rings. The molecule has 1 N–H and O–H groups in total. The van der Waals surface area contributed by atoms with Crippen LogP contribution in [-0.2, 0) is 19.1 Å². The highest BCUT2D eigenvalue weighted by Crippen LogP contribution is 2.01. The van der Waals surface area contributed by atoms with E-state index in [-0.39, 0.29) is 19.1 Å². The first-order valence-corrected chi connectivity index (χ1v) is 5.23. The van der Waals surface area contributed by atoms with Crippen molar-refractivity contribution in [1.29, 1.82) is 0 Å². The van der Waals surface area contributed by atoms with E-state index in [9.17, 15) is 9.59 Å². The van der Waals surface area contributed by atoms with Crippen LogP contribution in [0.1, 0.15) is 6.92 Å². The van der Waals surface area contributed by atoms with Gasteiger partial charge in [0.25, 0.3) is 0 Å². The number of esters is 1. The van der Waals surface area contributed by atoms with Crippen molar-refractivity contribution in [2.75, 3.05) is 26.9 Å². The molecule has 0 spiro atoms. The lowest BCUT2D eigenvalue weighted by molar-refractivity contribution is -0.134. The Hall–Kier alpha value is -1.46. The van der Waals surface area contributed by atoms with Crippen molar-refractivity contribution in [2.24, 2.45) is 5.92 Å². The minimum atomic E-state index is -0.495. The number of methoxy groups -OCH3 is 1. The van der Waals surface area contributed by atoms with Crippen LogP contribution in [0.25, 0.3) is 0 Å². The van der Waals surface area contributed by atoms with Crippen molar-refractivity contribution < 1.29 is 24.2 Å². The van der Waals surface area contributed by atoms with Gasteiger partial charge in [0.1, 0.15) is 6.29 Å². The molecule has 0 amide bonds. The molecule has 0 heterocycles. The summed E-state index contributed by atoms with van der Waals surface area (Å²) in [5, 5.41) is 8.79. The zero-order valence-electron chi connectivity index (χ0n) is 10.1. The molecule has 0 aliphatic heterocycles. The van der Waals surface area contributed by atoms with E-state index in [0.717, 1.165) is 0 Å². The molecule has 5 heteroatoms. The van der Waals surface area contributed by atoms with Crippen LogP contribution in [-0.4, -0.2) is 44.3 Å². The number of hydrogen-bond acceptors (Lipinski definition) is 5. The Kier molecular flexibility index (Phi) is 8.91. The molecule has 5 nitrogen and oxygen atoms in total. The summed E-state index contributed by atoms with van der Waals surface area (Å²) >= 11 is 0. The molecule has 96 valence electrons. The lowest BCUT2D eigenvalue weighted by Gasteiger charge is -2.08. The number of allylic oxidation sites excluding steroid dienone is 1. The summed E-state index contributed by atoms with van der Waals surface area (Å²) in [6, 6.07) is 0. The molecule has 0 aromatic carbocycles. The van der Waals surface area contributed by atoms with E-state index in [2.05, 4.69) is 4.74 Å². The minimum Gasteiger partial charge on any atom is -0.466 e. The molecular weight excluding hydrogens is 224 g/mol. The van der Waals surface area contributed by atoms with Gasteiger partial charge in [-0.3, -0.25) is 4.79 Å². The molecule has 0 aliphatic carbocycles. The quantitative estimate of drug-likeness (QED) is 0.290. The highest BCUT2D eigenvalue weighted by Gasteiger charge is 2.01. The van der Waals surface area contributed by atoms with Crippen LogP contribution in [0.4, 0.5) is 0 Å². The molecule has 0 aliphatic rings. The molecule has 1 atom stereocenters. The van der Waals surface area contributed by atoms with Gasteiger partial charge < -0.3 is 14.6 Å². The summed E-state index contributed by atoms with van der Waals surface area (Å²) in [6.45, 7) is 2.48. The summed E-state index contributed by atoms with van der Waals surface area (Å²) in [5.41, 5.74) is 0.565. The third-order valence-corrected chi connectivity index (χ3v) is 1.90. The van der Waals surface area contributed by atoms with Gasteiger partial charge in [0.2, 0.25) is 0 Å². The Morgan fingerprint density at radius 2 is 2.12 bits per heavy atom. The number of ether oxygens (including phenoxy) is 2. The number of aldehydes is 1. The summed E-state index contributed by atoms with van der Waals surface area (Å²) in [7, 11) is 1.27. The Morgan fingerprint density at radius 1 is 1.41 bits per heavy atom. The van der Waals surface area contributed by atoms with Crippen molar-refractivity contribution in [3.8, 4) is 0 Å². The second-order valence-corrected chi connectivity index (χ2v) is 3.54.